The second-order valence-electron chi connectivity index (χ2n) is 6.26. The van der Waals surface area contributed by atoms with Crippen LogP contribution < -0.4 is 10.6 Å². The summed E-state index contributed by atoms with van der Waals surface area (Å²) in [5.74, 6) is 0.0764. The molecular formula is C14H23N3O. The van der Waals surface area contributed by atoms with Crippen molar-refractivity contribution >= 4 is 5.91 Å². The summed E-state index contributed by atoms with van der Waals surface area (Å²) in [6.45, 7) is 5.19. The lowest BCUT2D eigenvalue weighted by Crippen LogP contribution is -2.57. The number of piperidine rings is 1. The van der Waals surface area contributed by atoms with Crippen molar-refractivity contribution in [1.29, 1.82) is 5.26 Å². The highest BCUT2D eigenvalue weighted by molar-refractivity contribution is 5.83. The molecule has 2 rings (SSSR count). The summed E-state index contributed by atoms with van der Waals surface area (Å²) in [5.41, 5.74) is 0.00305. The molecule has 0 aromatic carbocycles. The van der Waals surface area contributed by atoms with Crippen molar-refractivity contribution in [2.45, 2.75) is 58.0 Å². The molecule has 4 heteroatoms. The molecule has 1 saturated carbocycles. The van der Waals surface area contributed by atoms with Crippen LogP contribution in [0.2, 0.25) is 0 Å². The largest absolute Gasteiger partial charge is 0.351 e. The highest BCUT2D eigenvalue weighted by Crippen LogP contribution is 2.31. The summed E-state index contributed by atoms with van der Waals surface area (Å²) in [6.07, 6.45) is 5.11. The molecule has 0 spiro atoms. The molecule has 3 atom stereocenters. The Labute approximate surface area is 109 Å². The van der Waals surface area contributed by atoms with Gasteiger partial charge in [-0.1, -0.05) is 13.8 Å². The summed E-state index contributed by atoms with van der Waals surface area (Å²) in [5, 5.41) is 15.4. The molecule has 1 aliphatic carbocycles. The smallest absolute Gasteiger partial charge is 0.237 e. The van der Waals surface area contributed by atoms with Crippen LogP contribution in [0.1, 0.15) is 46.0 Å². The van der Waals surface area contributed by atoms with Crippen molar-refractivity contribution in [2.75, 3.05) is 6.54 Å². The van der Waals surface area contributed by atoms with E-state index in [9.17, 15) is 4.79 Å². The normalized spacial score (nSPS) is 34.8. The van der Waals surface area contributed by atoms with E-state index in [4.69, 9.17) is 5.26 Å². The molecular weight excluding hydrogens is 226 g/mol. The van der Waals surface area contributed by atoms with Gasteiger partial charge in [0.25, 0.3) is 0 Å². The molecule has 1 saturated heterocycles. The maximum absolute atomic E-state index is 12.3. The fourth-order valence-electron chi connectivity index (χ4n) is 3.21. The first kappa shape index (κ1) is 13.4. The van der Waals surface area contributed by atoms with E-state index in [1.54, 1.807) is 0 Å². The van der Waals surface area contributed by atoms with Crippen molar-refractivity contribution in [1.82, 2.24) is 10.6 Å². The van der Waals surface area contributed by atoms with Crippen molar-refractivity contribution in [2.24, 2.45) is 11.3 Å². The number of carbonyl (C=O) groups is 1. The third kappa shape index (κ3) is 2.67. The Morgan fingerprint density at radius 2 is 2.17 bits per heavy atom. The van der Waals surface area contributed by atoms with Crippen LogP contribution in [0.15, 0.2) is 0 Å². The molecule has 18 heavy (non-hydrogen) atoms. The van der Waals surface area contributed by atoms with Crippen LogP contribution >= 0.6 is 0 Å². The maximum atomic E-state index is 12.3. The van der Waals surface area contributed by atoms with Gasteiger partial charge in [-0.3, -0.25) is 4.79 Å². The summed E-state index contributed by atoms with van der Waals surface area (Å²) in [6, 6.07) is 2.25. The van der Waals surface area contributed by atoms with E-state index >= 15 is 0 Å². The number of nitrogens with one attached hydrogen (secondary N) is 2. The van der Waals surface area contributed by atoms with Crippen LogP contribution in [0.25, 0.3) is 0 Å². The van der Waals surface area contributed by atoms with Crippen molar-refractivity contribution in [3.05, 3.63) is 0 Å². The number of rotatable bonds is 2. The summed E-state index contributed by atoms with van der Waals surface area (Å²) < 4.78 is 0. The lowest BCUT2D eigenvalue weighted by atomic mass is 9.77. The van der Waals surface area contributed by atoms with Gasteiger partial charge in [0.1, 0.15) is 0 Å². The fraction of sp³-hybridized carbons (Fsp3) is 0.857. The first-order valence-corrected chi connectivity index (χ1v) is 6.98. The molecule has 0 bridgehead atoms. The molecule has 1 heterocycles. The van der Waals surface area contributed by atoms with Gasteiger partial charge in [-0.05, 0) is 44.1 Å². The zero-order valence-electron chi connectivity index (χ0n) is 11.3. The molecule has 0 aromatic heterocycles. The van der Waals surface area contributed by atoms with E-state index in [1.807, 2.05) is 0 Å². The molecule has 0 aromatic rings. The summed E-state index contributed by atoms with van der Waals surface area (Å²) >= 11 is 0. The minimum absolute atomic E-state index is 0.000604. The van der Waals surface area contributed by atoms with Gasteiger partial charge in [-0.2, -0.15) is 5.26 Å². The molecule has 1 amide bonds. The summed E-state index contributed by atoms with van der Waals surface area (Å²) in [4.78, 5) is 12.3. The predicted octanol–water partition coefficient (Wildman–Crippen LogP) is 1.57. The monoisotopic (exact) mass is 249 g/mol. The quantitative estimate of drug-likeness (QED) is 0.781. The highest BCUT2D eigenvalue weighted by Gasteiger charge is 2.39. The van der Waals surface area contributed by atoms with Crippen LogP contribution in [0.4, 0.5) is 0 Å². The Hall–Kier alpha value is -1.08. The third-order valence-corrected chi connectivity index (χ3v) is 4.40. The Morgan fingerprint density at radius 3 is 2.83 bits per heavy atom. The van der Waals surface area contributed by atoms with Crippen LogP contribution in [-0.4, -0.2) is 24.5 Å². The van der Waals surface area contributed by atoms with Gasteiger partial charge in [-0.25, -0.2) is 0 Å². The van der Waals surface area contributed by atoms with Crippen LogP contribution in [0, 0.1) is 22.7 Å². The number of nitriles is 1. The number of nitrogens with zero attached hydrogens (tertiary/aromatic N) is 1. The van der Waals surface area contributed by atoms with Gasteiger partial charge in [0, 0.05) is 6.04 Å². The number of carbonyl (C=O) groups excluding carboxylic acids is 1. The Morgan fingerprint density at radius 1 is 1.39 bits per heavy atom. The lowest BCUT2D eigenvalue weighted by molar-refractivity contribution is -0.127. The van der Waals surface area contributed by atoms with Gasteiger partial charge >= 0.3 is 0 Å². The average molecular weight is 249 g/mol. The zero-order valence-corrected chi connectivity index (χ0v) is 11.3. The minimum atomic E-state index is -0.119. The number of amides is 1. The van der Waals surface area contributed by atoms with E-state index < -0.39 is 0 Å². The number of hydrogen-bond donors (Lipinski definition) is 2. The second-order valence-corrected chi connectivity index (χ2v) is 6.26. The SMILES string of the molecule is CC1(C)CCCNC1C(=O)NC1CCCC1C#N. The van der Waals surface area contributed by atoms with E-state index in [0.717, 1.165) is 38.6 Å². The van der Waals surface area contributed by atoms with E-state index in [0.29, 0.717) is 0 Å². The van der Waals surface area contributed by atoms with Gasteiger partial charge < -0.3 is 10.6 Å². The first-order valence-electron chi connectivity index (χ1n) is 6.98. The van der Waals surface area contributed by atoms with Gasteiger partial charge in [0.2, 0.25) is 5.91 Å². The minimum Gasteiger partial charge on any atom is -0.351 e. The molecule has 2 aliphatic rings. The van der Waals surface area contributed by atoms with Gasteiger partial charge in [0.15, 0.2) is 0 Å². The van der Waals surface area contributed by atoms with E-state index in [2.05, 4.69) is 30.6 Å². The molecule has 100 valence electrons. The standard InChI is InChI=1S/C14H23N3O/c1-14(2)7-4-8-16-12(14)13(18)17-11-6-3-5-10(11)9-15/h10-12,16H,3-8H2,1-2H3,(H,17,18). The molecule has 2 N–H and O–H groups in total. The highest BCUT2D eigenvalue weighted by atomic mass is 16.2. The van der Waals surface area contributed by atoms with E-state index in [-0.39, 0.29) is 29.3 Å². The van der Waals surface area contributed by atoms with Gasteiger partial charge in [-0.15, -0.1) is 0 Å². The van der Waals surface area contributed by atoms with Crippen molar-refractivity contribution in [3.63, 3.8) is 0 Å². The molecule has 3 unspecified atom stereocenters. The molecule has 4 nitrogen and oxygen atoms in total. The third-order valence-electron chi connectivity index (χ3n) is 4.40. The predicted molar refractivity (Wildman–Crippen MR) is 69.7 cm³/mol. The van der Waals surface area contributed by atoms with Crippen LogP contribution in [0.5, 0.6) is 0 Å². The topological polar surface area (TPSA) is 64.9 Å². The van der Waals surface area contributed by atoms with Crippen molar-refractivity contribution in [3.8, 4) is 6.07 Å². The Kier molecular flexibility index (Phi) is 3.91. The number of hydrogen-bond acceptors (Lipinski definition) is 3. The molecule has 0 radical (unpaired) electrons. The summed E-state index contributed by atoms with van der Waals surface area (Å²) in [7, 11) is 0. The lowest BCUT2D eigenvalue weighted by Gasteiger charge is -2.38. The average Bonchev–Trinajstić information content (AvgIpc) is 2.75. The molecule has 1 aliphatic heterocycles. The second kappa shape index (κ2) is 5.27. The first-order chi connectivity index (χ1) is 8.54. The molecule has 2 fully saturated rings. The maximum Gasteiger partial charge on any atom is 0.237 e. The Bertz CT molecular complexity index is 359. The zero-order chi connectivity index (χ0) is 13.2. The van der Waals surface area contributed by atoms with Crippen LogP contribution in [0.3, 0.4) is 0 Å². The van der Waals surface area contributed by atoms with Crippen molar-refractivity contribution < 1.29 is 4.79 Å². The Balaban J connectivity index is 1.97. The van der Waals surface area contributed by atoms with Gasteiger partial charge in [0.05, 0.1) is 18.0 Å². The fourth-order valence-corrected chi connectivity index (χ4v) is 3.21. The van der Waals surface area contributed by atoms with Crippen LogP contribution in [-0.2, 0) is 4.79 Å². The van der Waals surface area contributed by atoms with E-state index in [1.165, 1.54) is 0 Å².